The standard InChI is InChI=1S/C15H29N3/c1-2-8-16-13-11-14-6-7-15(12-13)18(14)17-9-4-3-5-10-17/h13-16H,2-12H2,1H3. The zero-order valence-electron chi connectivity index (χ0n) is 11.9. The van der Waals surface area contributed by atoms with Crippen molar-refractivity contribution in [1.82, 2.24) is 15.3 Å². The van der Waals surface area contributed by atoms with Crippen LogP contribution in [0.25, 0.3) is 0 Å². The summed E-state index contributed by atoms with van der Waals surface area (Å²) in [7, 11) is 0. The minimum atomic E-state index is 0.795. The summed E-state index contributed by atoms with van der Waals surface area (Å²) in [5.74, 6) is 0. The van der Waals surface area contributed by atoms with Crippen LogP contribution in [-0.2, 0) is 0 Å². The average Bonchev–Trinajstić information content (AvgIpc) is 2.69. The van der Waals surface area contributed by atoms with Crippen molar-refractivity contribution in [3.8, 4) is 0 Å². The maximum absolute atomic E-state index is 3.75. The van der Waals surface area contributed by atoms with E-state index in [1.54, 1.807) is 0 Å². The fraction of sp³-hybridized carbons (Fsp3) is 1.00. The largest absolute Gasteiger partial charge is 0.314 e. The van der Waals surface area contributed by atoms with Gasteiger partial charge in [-0.1, -0.05) is 13.3 Å². The molecule has 0 aromatic rings. The number of hydrazine groups is 1. The molecule has 104 valence electrons. The highest BCUT2D eigenvalue weighted by atomic mass is 15.7. The molecular formula is C15H29N3. The van der Waals surface area contributed by atoms with E-state index in [9.17, 15) is 0 Å². The molecular weight excluding hydrogens is 222 g/mol. The van der Waals surface area contributed by atoms with Gasteiger partial charge in [0.25, 0.3) is 0 Å². The first-order chi connectivity index (χ1) is 8.88. The monoisotopic (exact) mass is 251 g/mol. The highest BCUT2D eigenvalue weighted by molar-refractivity contribution is 4.96. The Balaban J connectivity index is 1.58. The van der Waals surface area contributed by atoms with E-state index in [0.717, 1.165) is 18.1 Å². The van der Waals surface area contributed by atoms with E-state index < -0.39 is 0 Å². The molecule has 0 aliphatic carbocycles. The highest BCUT2D eigenvalue weighted by Gasteiger charge is 2.43. The number of hydrogen-bond acceptors (Lipinski definition) is 3. The van der Waals surface area contributed by atoms with E-state index in [2.05, 4.69) is 22.3 Å². The van der Waals surface area contributed by atoms with Crippen LogP contribution < -0.4 is 5.32 Å². The molecule has 3 fully saturated rings. The Morgan fingerprint density at radius 1 is 1.00 bits per heavy atom. The van der Waals surface area contributed by atoms with Crippen LogP contribution in [0.3, 0.4) is 0 Å². The van der Waals surface area contributed by atoms with Crippen LogP contribution in [-0.4, -0.2) is 47.8 Å². The molecule has 18 heavy (non-hydrogen) atoms. The molecule has 3 saturated heterocycles. The van der Waals surface area contributed by atoms with Crippen LogP contribution >= 0.6 is 0 Å². The van der Waals surface area contributed by atoms with E-state index in [0.29, 0.717) is 0 Å². The smallest absolute Gasteiger partial charge is 0.0264 e. The molecule has 2 bridgehead atoms. The number of hydrogen-bond donors (Lipinski definition) is 1. The van der Waals surface area contributed by atoms with Gasteiger partial charge in [0.15, 0.2) is 0 Å². The summed E-state index contributed by atoms with van der Waals surface area (Å²) in [6, 6.07) is 2.48. The van der Waals surface area contributed by atoms with E-state index in [1.165, 1.54) is 71.0 Å². The minimum absolute atomic E-state index is 0.795. The predicted molar refractivity (Wildman–Crippen MR) is 75.4 cm³/mol. The maximum Gasteiger partial charge on any atom is 0.0264 e. The molecule has 0 radical (unpaired) electrons. The van der Waals surface area contributed by atoms with Crippen molar-refractivity contribution < 1.29 is 0 Å². The quantitative estimate of drug-likeness (QED) is 0.827. The van der Waals surface area contributed by atoms with Gasteiger partial charge in [-0.05, 0) is 51.5 Å². The second kappa shape index (κ2) is 5.89. The lowest BCUT2D eigenvalue weighted by Crippen LogP contribution is -2.57. The summed E-state index contributed by atoms with van der Waals surface area (Å²) >= 11 is 0. The number of piperidine rings is 2. The fourth-order valence-electron chi connectivity index (χ4n) is 4.24. The first-order valence-corrected chi connectivity index (χ1v) is 8.15. The molecule has 2 atom stereocenters. The van der Waals surface area contributed by atoms with Gasteiger partial charge < -0.3 is 5.32 Å². The highest BCUT2D eigenvalue weighted by Crippen LogP contribution is 2.37. The third-order valence-corrected chi connectivity index (χ3v) is 5.04. The van der Waals surface area contributed by atoms with Crippen LogP contribution in [0.1, 0.15) is 58.3 Å². The Morgan fingerprint density at radius 2 is 1.67 bits per heavy atom. The molecule has 2 unspecified atom stereocenters. The van der Waals surface area contributed by atoms with Crippen LogP contribution in [0.4, 0.5) is 0 Å². The average molecular weight is 251 g/mol. The lowest BCUT2D eigenvalue weighted by molar-refractivity contribution is -0.101. The Hall–Kier alpha value is -0.120. The molecule has 0 aromatic carbocycles. The van der Waals surface area contributed by atoms with E-state index in [4.69, 9.17) is 0 Å². The van der Waals surface area contributed by atoms with Gasteiger partial charge in [0.05, 0.1) is 0 Å². The number of nitrogens with one attached hydrogen (secondary N) is 1. The zero-order chi connectivity index (χ0) is 12.4. The summed E-state index contributed by atoms with van der Waals surface area (Å²) in [6.07, 6.45) is 11.2. The molecule has 0 saturated carbocycles. The predicted octanol–water partition coefficient (Wildman–Crippen LogP) is 2.38. The molecule has 3 nitrogen and oxygen atoms in total. The summed E-state index contributed by atoms with van der Waals surface area (Å²) in [6.45, 7) is 6.11. The molecule has 0 amide bonds. The third kappa shape index (κ3) is 2.59. The number of fused-ring (bicyclic) bond motifs is 2. The zero-order valence-corrected chi connectivity index (χ0v) is 11.9. The number of rotatable bonds is 4. The molecule has 3 heterocycles. The van der Waals surface area contributed by atoms with Gasteiger partial charge >= 0.3 is 0 Å². The van der Waals surface area contributed by atoms with Crippen LogP contribution in [0, 0.1) is 0 Å². The first kappa shape index (κ1) is 12.9. The summed E-state index contributed by atoms with van der Waals surface area (Å²) in [5, 5.41) is 9.24. The summed E-state index contributed by atoms with van der Waals surface area (Å²) < 4.78 is 0. The molecule has 0 aromatic heterocycles. The van der Waals surface area contributed by atoms with Crippen LogP contribution in [0.5, 0.6) is 0 Å². The second-order valence-electron chi connectivity index (χ2n) is 6.40. The van der Waals surface area contributed by atoms with Crippen molar-refractivity contribution in [2.24, 2.45) is 0 Å². The van der Waals surface area contributed by atoms with Crippen LogP contribution in [0.2, 0.25) is 0 Å². The Morgan fingerprint density at radius 3 is 2.28 bits per heavy atom. The molecule has 3 aliphatic rings. The SMILES string of the molecule is CCCNC1CC2CCC(C1)N2N1CCCCC1. The Labute approximate surface area is 112 Å². The molecule has 0 spiro atoms. The first-order valence-electron chi connectivity index (χ1n) is 8.15. The number of nitrogens with zero attached hydrogens (tertiary/aromatic N) is 2. The van der Waals surface area contributed by atoms with Gasteiger partial charge in [-0.25, -0.2) is 10.0 Å². The molecule has 3 rings (SSSR count). The van der Waals surface area contributed by atoms with Gasteiger partial charge in [-0.2, -0.15) is 0 Å². The van der Waals surface area contributed by atoms with Crippen molar-refractivity contribution in [3.63, 3.8) is 0 Å². The van der Waals surface area contributed by atoms with Crippen molar-refractivity contribution in [2.75, 3.05) is 19.6 Å². The topological polar surface area (TPSA) is 18.5 Å². The summed E-state index contributed by atoms with van der Waals surface area (Å²) in [5.41, 5.74) is 0. The van der Waals surface area contributed by atoms with E-state index in [-0.39, 0.29) is 0 Å². The molecule has 3 heteroatoms. The van der Waals surface area contributed by atoms with Crippen LogP contribution in [0.15, 0.2) is 0 Å². The van der Waals surface area contributed by atoms with Gasteiger partial charge in [0.2, 0.25) is 0 Å². The van der Waals surface area contributed by atoms with Crippen molar-refractivity contribution >= 4 is 0 Å². The van der Waals surface area contributed by atoms with Gasteiger partial charge in [-0.3, -0.25) is 0 Å². The van der Waals surface area contributed by atoms with Gasteiger partial charge in [-0.15, -0.1) is 0 Å². The normalized spacial score (nSPS) is 38.2. The minimum Gasteiger partial charge on any atom is -0.314 e. The van der Waals surface area contributed by atoms with Crippen molar-refractivity contribution in [2.45, 2.75) is 76.4 Å². The lowest BCUT2D eigenvalue weighted by Gasteiger charge is -2.46. The van der Waals surface area contributed by atoms with E-state index >= 15 is 0 Å². The molecule has 3 aliphatic heterocycles. The van der Waals surface area contributed by atoms with Gasteiger partial charge in [0.1, 0.15) is 0 Å². The van der Waals surface area contributed by atoms with E-state index in [1.807, 2.05) is 0 Å². The maximum atomic E-state index is 3.75. The Kier molecular flexibility index (Phi) is 4.22. The fourth-order valence-corrected chi connectivity index (χ4v) is 4.24. The van der Waals surface area contributed by atoms with Crippen molar-refractivity contribution in [1.29, 1.82) is 0 Å². The van der Waals surface area contributed by atoms with Crippen molar-refractivity contribution in [3.05, 3.63) is 0 Å². The second-order valence-corrected chi connectivity index (χ2v) is 6.40. The van der Waals surface area contributed by atoms with Gasteiger partial charge in [0, 0.05) is 31.2 Å². The summed E-state index contributed by atoms with van der Waals surface area (Å²) in [4.78, 5) is 0. The lowest BCUT2D eigenvalue weighted by atomic mass is 9.98. The Bertz CT molecular complexity index is 248. The molecule has 1 N–H and O–H groups in total. The third-order valence-electron chi connectivity index (χ3n) is 5.04.